The molecule has 0 aliphatic carbocycles. The Morgan fingerprint density at radius 2 is 2.31 bits per heavy atom. The van der Waals surface area contributed by atoms with Crippen LogP contribution in [0.5, 0.6) is 0 Å². The molecule has 0 amide bonds. The summed E-state index contributed by atoms with van der Waals surface area (Å²) < 4.78 is 0. The van der Waals surface area contributed by atoms with Crippen LogP contribution in [0.15, 0.2) is 18.3 Å². The van der Waals surface area contributed by atoms with Crippen molar-refractivity contribution in [2.45, 2.75) is 25.9 Å². The van der Waals surface area contributed by atoms with Crippen molar-refractivity contribution in [3.05, 3.63) is 29.6 Å². The van der Waals surface area contributed by atoms with Crippen LogP contribution in [0.1, 0.15) is 29.9 Å². The van der Waals surface area contributed by atoms with Gasteiger partial charge in [-0.2, -0.15) is 0 Å². The third-order valence-electron chi connectivity index (χ3n) is 2.14. The van der Waals surface area contributed by atoms with Crippen molar-refractivity contribution in [3.63, 3.8) is 0 Å². The molecule has 0 radical (unpaired) electrons. The highest BCUT2D eigenvalue weighted by atomic mass is 16.4. The highest BCUT2D eigenvalue weighted by molar-refractivity contribution is 5.87. The molecular weight excluding hydrogens is 204 g/mol. The van der Waals surface area contributed by atoms with Crippen LogP contribution in [-0.4, -0.2) is 21.6 Å². The van der Waals surface area contributed by atoms with E-state index in [1.54, 1.807) is 6.07 Å². The van der Waals surface area contributed by atoms with Crippen LogP contribution in [0.2, 0.25) is 0 Å². The molecule has 4 heteroatoms. The fraction of sp³-hybridized carbons (Fsp3) is 0.333. The zero-order valence-corrected chi connectivity index (χ0v) is 9.32. The second-order valence-electron chi connectivity index (χ2n) is 3.97. The van der Waals surface area contributed by atoms with E-state index < -0.39 is 11.5 Å². The van der Waals surface area contributed by atoms with E-state index in [0.717, 1.165) is 5.69 Å². The van der Waals surface area contributed by atoms with Crippen molar-refractivity contribution in [2.75, 3.05) is 0 Å². The Hall–Kier alpha value is -1.86. The zero-order chi connectivity index (χ0) is 12.2. The van der Waals surface area contributed by atoms with Crippen LogP contribution in [0.25, 0.3) is 0 Å². The van der Waals surface area contributed by atoms with Gasteiger partial charge >= 0.3 is 5.97 Å². The van der Waals surface area contributed by atoms with E-state index in [-0.39, 0.29) is 5.56 Å². The average Bonchev–Trinajstić information content (AvgIpc) is 2.27. The SMILES string of the molecule is C#CC(C)(C)NCc1ccc(C(=O)O)cn1. The van der Waals surface area contributed by atoms with E-state index in [1.165, 1.54) is 12.3 Å². The highest BCUT2D eigenvalue weighted by Crippen LogP contribution is 2.04. The van der Waals surface area contributed by atoms with Gasteiger partial charge in [0.1, 0.15) is 0 Å². The number of hydrogen-bond donors (Lipinski definition) is 2. The fourth-order valence-electron chi connectivity index (χ4n) is 1.02. The van der Waals surface area contributed by atoms with Crippen LogP contribution in [-0.2, 0) is 6.54 Å². The summed E-state index contributed by atoms with van der Waals surface area (Å²) in [7, 11) is 0. The Morgan fingerprint density at radius 1 is 1.62 bits per heavy atom. The van der Waals surface area contributed by atoms with Crippen LogP contribution in [0.3, 0.4) is 0 Å². The van der Waals surface area contributed by atoms with Gasteiger partial charge in [0.15, 0.2) is 0 Å². The molecule has 1 aromatic heterocycles. The largest absolute Gasteiger partial charge is 0.478 e. The lowest BCUT2D eigenvalue weighted by molar-refractivity contribution is 0.0696. The quantitative estimate of drug-likeness (QED) is 0.747. The lowest BCUT2D eigenvalue weighted by atomic mass is 10.1. The molecule has 0 saturated heterocycles. The molecule has 0 spiro atoms. The number of aromatic carboxylic acids is 1. The maximum atomic E-state index is 10.6. The van der Waals surface area contributed by atoms with Crippen molar-refractivity contribution in [3.8, 4) is 12.3 Å². The molecule has 84 valence electrons. The molecule has 0 unspecified atom stereocenters. The van der Waals surface area contributed by atoms with Gasteiger partial charge < -0.3 is 5.11 Å². The molecule has 0 bridgehead atoms. The zero-order valence-electron chi connectivity index (χ0n) is 9.32. The third kappa shape index (κ3) is 3.37. The van der Waals surface area contributed by atoms with Crippen LogP contribution in [0, 0.1) is 12.3 Å². The molecule has 16 heavy (non-hydrogen) atoms. The lowest BCUT2D eigenvalue weighted by Crippen LogP contribution is -2.37. The fourth-order valence-corrected chi connectivity index (χ4v) is 1.02. The summed E-state index contributed by atoms with van der Waals surface area (Å²) in [5.41, 5.74) is 0.543. The Labute approximate surface area is 94.7 Å². The average molecular weight is 218 g/mol. The summed E-state index contributed by atoms with van der Waals surface area (Å²) in [6.45, 7) is 4.29. The van der Waals surface area contributed by atoms with Gasteiger partial charge in [-0.1, -0.05) is 5.92 Å². The molecule has 0 atom stereocenters. The minimum absolute atomic E-state index is 0.181. The number of pyridine rings is 1. The maximum absolute atomic E-state index is 10.6. The number of carboxylic acids is 1. The first-order valence-corrected chi connectivity index (χ1v) is 4.85. The van der Waals surface area contributed by atoms with Crippen molar-refractivity contribution >= 4 is 5.97 Å². The number of carboxylic acid groups (broad SMARTS) is 1. The van der Waals surface area contributed by atoms with Gasteiger partial charge in [-0.3, -0.25) is 10.3 Å². The minimum Gasteiger partial charge on any atom is -0.478 e. The van der Waals surface area contributed by atoms with E-state index in [0.29, 0.717) is 6.54 Å². The minimum atomic E-state index is -0.976. The Kier molecular flexibility index (Phi) is 3.64. The Morgan fingerprint density at radius 3 is 2.75 bits per heavy atom. The van der Waals surface area contributed by atoms with Crippen molar-refractivity contribution in [1.29, 1.82) is 0 Å². The van der Waals surface area contributed by atoms with Gasteiger partial charge in [-0.05, 0) is 26.0 Å². The number of nitrogens with one attached hydrogen (secondary N) is 1. The van der Waals surface area contributed by atoms with Crippen molar-refractivity contribution in [1.82, 2.24) is 10.3 Å². The molecule has 0 aliphatic heterocycles. The molecular formula is C12H14N2O2. The molecule has 1 heterocycles. The topological polar surface area (TPSA) is 62.2 Å². The third-order valence-corrected chi connectivity index (χ3v) is 2.14. The Balaban J connectivity index is 2.64. The van der Waals surface area contributed by atoms with E-state index in [2.05, 4.69) is 16.2 Å². The predicted molar refractivity (Wildman–Crippen MR) is 60.9 cm³/mol. The van der Waals surface area contributed by atoms with E-state index in [1.807, 2.05) is 13.8 Å². The summed E-state index contributed by atoms with van der Waals surface area (Å²) in [5.74, 6) is 1.63. The second-order valence-corrected chi connectivity index (χ2v) is 3.97. The predicted octanol–water partition coefficient (Wildman–Crippen LogP) is 1.28. The number of rotatable bonds is 4. The normalized spacial score (nSPS) is 10.8. The van der Waals surface area contributed by atoms with Crippen LogP contribution < -0.4 is 5.32 Å². The van der Waals surface area contributed by atoms with E-state index in [4.69, 9.17) is 11.5 Å². The first-order chi connectivity index (χ1) is 7.44. The monoisotopic (exact) mass is 218 g/mol. The van der Waals surface area contributed by atoms with Gasteiger partial charge in [0, 0.05) is 12.7 Å². The summed E-state index contributed by atoms with van der Waals surface area (Å²) in [5, 5.41) is 11.8. The van der Waals surface area contributed by atoms with Gasteiger partial charge in [0.25, 0.3) is 0 Å². The number of nitrogens with zero attached hydrogens (tertiary/aromatic N) is 1. The Bertz CT molecular complexity index is 416. The first-order valence-electron chi connectivity index (χ1n) is 4.85. The van der Waals surface area contributed by atoms with Crippen LogP contribution >= 0.6 is 0 Å². The maximum Gasteiger partial charge on any atom is 0.337 e. The smallest absolute Gasteiger partial charge is 0.337 e. The molecule has 4 nitrogen and oxygen atoms in total. The van der Waals surface area contributed by atoms with Gasteiger partial charge in [0.05, 0.1) is 16.8 Å². The van der Waals surface area contributed by atoms with Crippen molar-refractivity contribution in [2.24, 2.45) is 0 Å². The molecule has 2 N–H and O–H groups in total. The van der Waals surface area contributed by atoms with Crippen molar-refractivity contribution < 1.29 is 9.90 Å². The summed E-state index contributed by atoms with van der Waals surface area (Å²) >= 11 is 0. The molecule has 0 aromatic carbocycles. The molecule has 1 rings (SSSR count). The van der Waals surface area contributed by atoms with E-state index >= 15 is 0 Å². The molecule has 0 fully saturated rings. The lowest BCUT2D eigenvalue weighted by Gasteiger charge is -2.19. The number of carbonyl (C=O) groups is 1. The number of terminal acetylenes is 1. The van der Waals surface area contributed by atoms with Gasteiger partial charge in [-0.25, -0.2) is 4.79 Å². The number of aromatic nitrogens is 1. The standard InChI is InChI=1S/C12H14N2O2/c1-4-12(2,3)14-8-10-6-5-9(7-13-10)11(15)16/h1,5-7,14H,8H2,2-3H3,(H,15,16). The molecule has 1 aromatic rings. The second kappa shape index (κ2) is 4.77. The number of hydrogen-bond acceptors (Lipinski definition) is 3. The molecule has 0 saturated carbocycles. The van der Waals surface area contributed by atoms with E-state index in [9.17, 15) is 4.79 Å². The first kappa shape index (κ1) is 12.2. The van der Waals surface area contributed by atoms with Gasteiger partial charge in [-0.15, -0.1) is 6.42 Å². The summed E-state index contributed by atoms with van der Waals surface area (Å²) in [6.07, 6.45) is 6.66. The summed E-state index contributed by atoms with van der Waals surface area (Å²) in [6, 6.07) is 3.19. The molecule has 0 aliphatic rings. The van der Waals surface area contributed by atoms with Crippen LogP contribution in [0.4, 0.5) is 0 Å². The highest BCUT2D eigenvalue weighted by Gasteiger charge is 2.12. The van der Waals surface area contributed by atoms with Gasteiger partial charge in [0.2, 0.25) is 0 Å². The summed E-state index contributed by atoms with van der Waals surface area (Å²) in [4.78, 5) is 14.6.